The van der Waals surface area contributed by atoms with Crippen molar-refractivity contribution in [2.45, 2.75) is 13.5 Å². The Bertz CT molecular complexity index is 956. The Hall–Kier alpha value is -3.07. The molecule has 0 aliphatic heterocycles. The van der Waals surface area contributed by atoms with Crippen molar-refractivity contribution >= 4 is 23.0 Å². The van der Waals surface area contributed by atoms with Crippen molar-refractivity contribution in [2.75, 3.05) is 0 Å². The van der Waals surface area contributed by atoms with E-state index in [4.69, 9.17) is 4.52 Å². The number of amides is 1. The molecule has 3 heterocycles. The molecule has 0 bridgehead atoms. The van der Waals surface area contributed by atoms with Crippen LogP contribution in [0.25, 0.3) is 11.4 Å². The van der Waals surface area contributed by atoms with Gasteiger partial charge in [-0.3, -0.25) is 14.4 Å². The van der Waals surface area contributed by atoms with Gasteiger partial charge in [0.1, 0.15) is 0 Å². The van der Waals surface area contributed by atoms with Gasteiger partial charge in [-0.15, -0.1) is 11.3 Å². The van der Waals surface area contributed by atoms with E-state index >= 15 is 0 Å². The Morgan fingerprint density at radius 3 is 2.79 bits per heavy atom. The third-order valence-electron chi connectivity index (χ3n) is 3.10. The molecule has 1 amide bonds. The molecule has 0 saturated carbocycles. The number of aromatic nitrogens is 3. The van der Waals surface area contributed by atoms with Crippen molar-refractivity contribution in [3.63, 3.8) is 0 Å². The molecule has 0 unspecified atom stereocenters. The number of hydrogen-bond acceptors (Lipinski definition) is 7. The lowest BCUT2D eigenvalue weighted by atomic mass is 10.3. The summed E-state index contributed by atoms with van der Waals surface area (Å²) in [5.74, 6) is -0.112. The largest absolute Gasteiger partial charge is 0.342 e. The van der Waals surface area contributed by atoms with Crippen molar-refractivity contribution in [1.82, 2.24) is 20.4 Å². The zero-order valence-corrected chi connectivity index (χ0v) is 13.3. The Morgan fingerprint density at radius 1 is 1.29 bits per heavy atom. The van der Waals surface area contributed by atoms with Gasteiger partial charge in [-0.05, 0) is 31.2 Å². The normalized spacial score (nSPS) is 10.5. The number of thiophene rings is 1. The van der Waals surface area contributed by atoms with E-state index in [1.807, 2.05) is 0 Å². The third-order valence-corrected chi connectivity index (χ3v) is 4.29. The summed E-state index contributed by atoms with van der Waals surface area (Å²) in [7, 11) is 0. The molecular formula is C15H12N4O4S. The number of carbonyl (C=O) groups excluding carboxylic acids is 2. The second-order valence-electron chi connectivity index (χ2n) is 4.83. The summed E-state index contributed by atoms with van der Waals surface area (Å²) in [5, 5.41) is 6.35. The molecule has 3 aromatic rings. The van der Waals surface area contributed by atoms with Gasteiger partial charge in [-0.25, -0.2) is 0 Å². The van der Waals surface area contributed by atoms with Gasteiger partial charge in [-0.1, -0.05) is 5.16 Å². The van der Waals surface area contributed by atoms with Crippen LogP contribution in [-0.2, 0) is 6.54 Å². The molecule has 0 aliphatic rings. The van der Waals surface area contributed by atoms with E-state index < -0.39 is 0 Å². The third kappa shape index (κ3) is 3.30. The van der Waals surface area contributed by atoms with Crippen LogP contribution in [0.1, 0.15) is 32.2 Å². The van der Waals surface area contributed by atoms with Crippen molar-refractivity contribution in [3.8, 4) is 11.4 Å². The van der Waals surface area contributed by atoms with Gasteiger partial charge in [0, 0.05) is 6.20 Å². The summed E-state index contributed by atoms with van der Waals surface area (Å²) in [6.07, 6.45) is 1.50. The van der Waals surface area contributed by atoms with E-state index in [1.54, 1.807) is 24.3 Å². The number of nitrogens with zero attached hydrogens (tertiary/aromatic N) is 2. The smallest absolute Gasteiger partial charge is 0.261 e. The van der Waals surface area contributed by atoms with Gasteiger partial charge in [-0.2, -0.15) is 4.98 Å². The molecule has 0 atom stereocenters. The zero-order chi connectivity index (χ0) is 17.1. The number of nitrogens with one attached hydrogen (secondary N) is 2. The monoisotopic (exact) mass is 344 g/mol. The Kier molecular flexibility index (Phi) is 4.34. The van der Waals surface area contributed by atoms with E-state index in [2.05, 4.69) is 20.4 Å². The SMILES string of the molecule is CC(=O)c1ccc(C(=O)NCc2nc(-c3ccc[nH]c3=O)no2)s1. The highest BCUT2D eigenvalue weighted by atomic mass is 32.1. The average molecular weight is 344 g/mol. The van der Waals surface area contributed by atoms with Gasteiger partial charge in [0.05, 0.1) is 21.9 Å². The maximum atomic E-state index is 12.0. The van der Waals surface area contributed by atoms with E-state index in [-0.39, 0.29) is 41.1 Å². The molecule has 0 aliphatic carbocycles. The molecule has 3 aromatic heterocycles. The van der Waals surface area contributed by atoms with E-state index in [0.29, 0.717) is 9.75 Å². The van der Waals surface area contributed by atoms with E-state index in [1.165, 1.54) is 13.1 Å². The average Bonchev–Trinajstić information content (AvgIpc) is 3.22. The van der Waals surface area contributed by atoms with Crippen LogP contribution in [0.15, 0.2) is 39.8 Å². The molecule has 8 nitrogen and oxygen atoms in total. The fourth-order valence-corrected chi connectivity index (χ4v) is 2.74. The standard InChI is InChI=1S/C15H12N4O4S/c1-8(20)10-4-5-11(24-10)15(22)17-7-12-18-13(19-23-12)9-3-2-6-16-14(9)21/h2-6H,7H2,1H3,(H,16,21)(H,17,22). The Balaban J connectivity index is 1.67. The lowest BCUT2D eigenvalue weighted by molar-refractivity contribution is 0.0949. The minimum Gasteiger partial charge on any atom is -0.342 e. The predicted octanol–water partition coefficient (Wildman–Crippen LogP) is 1.62. The number of Topliss-reactive ketones (excluding diaryl/α,β-unsaturated/α-hetero) is 1. The molecule has 0 saturated heterocycles. The summed E-state index contributed by atoms with van der Waals surface area (Å²) in [6.45, 7) is 1.46. The van der Waals surface area contributed by atoms with Crippen molar-refractivity contribution in [2.24, 2.45) is 0 Å². The maximum absolute atomic E-state index is 12.0. The van der Waals surface area contributed by atoms with Crippen LogP contribution < -0.4 is 10.9 Å². The Labute approximate surface area is 139 Å². The molecule has 122 valence electrons. The molecule has 0 aromatic carbocycles. The molecule has 24 heavy (non-hydrogen) atoms. The fraction of sp³-hybridized carbons (Fsp3) is 0.133. The number of H-pyrrole nitrogens is 1. The number of ketones is 1. The Morgan fingerprint density at radius 2 is 2.08 bits per heavy atom. The first-order chi connectivity index (χ1) is 11.5. The minimum absolute atomic E-state index is 0.0177. The van der Waals surface area contributed by atoms with Crippen molar-refractivity contribution in [1.29, 1.82) is 0 Å². The van der Waals surface area contributed by atoms with Gasteiger partial charge in [0.2, 0.25) is 11.7 Å². The summed E-state index contributed by atoms with van der Waals surface area (Å²) in [6, 6.07) is 6.41. The van der Waals surface area contributed by atoms with Crippen LogP contribution in [-0.4, -0.2) is 26.8 Å². The molecular weight excluding hydrogens is 332 g/mol. The number of aromatic amines is 1. The van der Waals surface area contributed by atoms with E-state index in [9.17, 15) is 14.4 Å². The van der Waals surface area contributed by atoms with Crippen LogP contribution in [0.2, 0.25) is 0 Å². The number of pyridine rings is 1. The van der Waals surface area contributed by atoms with Gasteiger partial charge < -0.3 is 14.8 Å². The second kappa shape index (κ2) is 6.59. The molecule has 0 fully saturated rings. The lowest BCUT2D eigenvalue weighted by Gasteiger charge is -1.98. The summed E-state index contributed by atoms with van der Waals surface area (Å²) < 4.78 is 5.02. The van der Waals surface area contributed by atoms with Crippen LogP contribution in [0.3, 0.4) is 0 Å². The number of carbonyl (C=O) groups is 2. The first-order valence-electron chi connectivity index (χ1n) is 6.94. The molecule has 2 N–H and O–H groups in total. The summed E-state index contributed by atoms with van der Waals surface area (Å²) in [4.78, 5) is 42.5. The topological polar surface area (TPSA) is 118 Å². The van der Waals surface area contributed by atoms with Gasteiger partial charge >= 0.3 is 0 Å². The van der Waals surface area contributed by atoms with Crippen LogP contribution in [0, 0.1) is 0 Å². The number of rotatable bonds is 5. The highest BCUT2D eigenvalue weighted by Gasteiger charge is 2.14. The van der Waals surface area contributed by atoms with Crippen molar-refractivity contribution < 1.29 is 14.1 Å². The zero-order valence-electron chi connectivity index (χ0n) is 12.5. The first kappa shape index (κ1) is 15.8. The summed E-state index contributed by atoms with van der Waals surface area (Å²) in [5.41, 5.74) is -0.0487. The van der Waals surface area contributed by atoms with Crippen molar-refractivity contribution in [3.05, 3.63) is 56.5 Å². The lowest BCUT2D eigenvalue weighted by Crippen LogP contribution is -2.22. The van der Waals surface area contributed by atoms with Crippen LogP contribution >= 0.6 is 11.3 Å². The summed E-state index contributed by atoms with van der Waals surface area (Å²) >= 11 is 1.11. The molecule has 0 spiro atoms. The highest BCUT2D eigenvalue weighted by Crippen LogP contribution is 2.17. The quantitative estimate of drug-likeness (QED) is 0.679. The number of hydrogen-bond donors (Lipinski definition) is 2. The first-order valence-corrected chi connectivity index (χ1v) is 7.76. The van der Waals surface area contributed by atoms with E-state index in [0.717, 1.165) is 11.3 Å². The molecule has 3 rings (SSSR count). The van der Waals surface area contributed by atoms with Gasteiger partial charge in [0.15, 0.2) is 5.78 Å². The molecule has 9 heteroatoms. The predicted molar refractivity (Wildman–Crippen MR) is 85.8 cm³/mol. The van der Waals surface area contributed by atoms with Crippen LogP contribution in [0.4, 0.5) is 0 Å². The minimum atomic E-state index is -0.343. The fourth-order valence-electron chi connectivity index (χ4n) is 1.93. The van der Waals surface area contributed by atoms with Crippen LogP contribution in [0.5, 0.6) is 0 Å². The van der Waals surface area contributed by atoms with Gasteiger partial charge in [0.25, 0.3) is 11.5 Å². The highest BCUT2D eigenvalue weighted by molar-refractivity contribution is 7.15. The second-order valence-corrected chi connectivity index (χ2v) is 5.91. The molecule has 0 radical (unpaired) electrons. The maximum Gasteiger partial charge on any atom is 0.261 e.